The number of hydrogen-bond donors (Lipinski definition) is 1. The van der Waals surface area contributed by atoms with E-state index in [9.17, 15) is 23.7 Å². The summed E-state index contributed by atoms with van der Waals surface area (Å²) in [5.41, 5.74) is -0.689. The summed E-state index contributed by atoms with van der Waals surface area (Å²) in [4.78, 5) is 21.8. The quantitative estimate of drug-likeness (QED) is 0.684. The normalized spacial score (nSPS) is 10.4. The van der Waals surface area contributed by atoms with Crippen molar-refractivity contribution in [3.63, 3.8) is 0 Å². The van der Waals surface area contributed by atoms with E-state index < -0.39 is 33.7 Å². The second kappa shape index (κ2) is 5.65. The highest BCUT2D eigenvalue weighted by Crippen LogP contribution is 2.22. The summed E-state index contributed by atoms with van der Waals surface area (Å²) in [5.74, 6) is -3.59. The zero-order chi connectivity index (χ0) is 15.6. The first-order valence-electron chi connectivity index (χ1n) is 5.78. The van der Waals surface area contributed by atoms with E-state index in [2.05, 4.69) is 10.4 Å². The zero-order valence-electron chi connectivity index (χ0n) is 10.8. The first kappa shape index (κ1) is 14.6. The number of hydrogen-bond acceptors (Lipinski definition) is 4. The van der Waals surface area contributed by atoms with Gasteiger partial charge in [0.05, 0.1) is 23.2 Å². The minimum atomic E-state index is -1.38. The smallest absolute Gasteiger partial charge is 0.285 e. The summed E-state index contributed by atoms with van der Waals surface area (Å²) in [6.07, 6.45) is 1.52. The van der Waals surface area contributed by atoms with Gasteiger partial charge in [0.25, 0.3) is 11.6 Å². The van der Waals surface area contributed by atoms with Crippen LogP contribution in [0.3, 0.4) is 0 Å². The minimum absolute atomic E-state index is 0.0471. The van der Waals surface area contributed by atoms with Gasteiger partial charge in [-0.25, -0.2) is 8.78 Å². The molecule has 0 unspecified atom stereocenters. The van der Waals surface area contributed by atoms with Gasteiger partial charge in [-0.15, -0.1) is 0 Å². The molecule has 0 aliphatic carbocycles. The lowest BCUT2D eigenvalue weighted by atomic mass is 10.1. The van der Waals surface area contributed by atoms with Crippen molar-refractivity contribution in [1.29, 1.82) is 0 Å². The van der Waals surface area contributed by atoms with Crippen molar-refractivity contribution >= 4 is 11.6 Å². The predicted octanol–water partition coefficient (Wildman–Crippen LogP) is 1.54. The maximum atomic E-state index is 13.2. The van der Waals surface area contributed by atoms with Gasteiger partial charge in [-0.1, -0.05) is 0 Å². The number of halogens is 2. The fraction of sp³-hybridized carbons (Fsp3) is 0.167. The highest BCUT2D eigenvalue weighted by Gasteiger charge is 2.23. The Hall–Kier alpha value is -2.84. The highest BCUT2D eigenvalue weighted by molar-refractivity contribution is 5.98. The molecule has 0 fully saturated rings. The second-order valence-corrected chi connectivity index (χ2v) is 4.17. The molecule has 110 valence electrons. The van der Waals surface area contributed by atoms with Gasteiger partial charge in [0.1, 0.15) is 5.56 Å². The average molecular weight is 296 g/mol. The first-order chi connectivity index (χ1) is 9.90. The topological polar surface area (TPSA) is 90.1 Å². The van der Waals surface area contributed by atoms with Gasteiger partial charge >= 0.3 is 0 Å². The van der Waals surface area contributed by atoms with Crippen LogP contribution in [0.2, 0.25) is 0 Å². The van der Waals surface area contributed by atoms with E-state index in [1.54, 1.807) is 13.1 Å². The summed E-state index contributed by atoms with van der Waals surface area (Å²) in [6, 6.07) is 2.53. The molecule has 21 heavy (non-hydrogen) atoms. The maximum Gasteiger partial charge on any atom is 0.285 e. The van der Waals surface area contributed by atoms with Gasteiger partial charge in [0, 0.05) is 13.2 Å². The van der Waals surface area contributed by atoms with E-state index >= 15 is 0 Å². The van der Waals surface area contributed by atoms with Gasteiger partial charge in [0.15, 0.2) is 11.6 Å². The van der Waals surface area contributed by atoms with Crippen molar-refractivity contribution in [3.8, 4) is 0 Å². The van der Waals surface area contributed by atoms with Crippen LogP contribution in [0.25, 0.3) is 0 Å². The lowest BCUT2D eigenvalue weighted by molar-refractivity contribution is -0.385. The summed E-state index contributed by atoms with van der Waals surface area (Å²) in [6.45, 7) is 0.0471. The second-order valence-electron chi connectivity index (χ2n) is 4.17. The zero-order valence-corrected chi connectivity index (χ0v) is 10.8. The molecular formula is C12H10F2N4O3. The number of aromatic nitrogens is 2. The number of benzene rings is 1. The molecule has 7 nitrogen and oxygen atoms in total. The molecule has 0 aliphatic heterocycles. The SMILES string of the molecule is Cn1nccc1CNC(=O)c1cc(F)c(F)cc1[N+](=O)[O-]. The van der Waals surface area contributed by atoms with Gasteiger partial charge in [-0.2, -0.15) is 5.10 Å². The van der Waals surface area contributed by atoms with Crippen molar-refractivity contribution in [2.75, 3.05) is 0 Å². The van der Waals surface area contributed by atoms with Crippen LogP contribution < -0.4 is 5.32 Å². The number of nitro groups is 1. The monoisotopic (exact) mass is 296 g/mol. The van der Waals surface area contributed by atoms with Crippen LogP contribution in [0.15, 0.2) is 24.4 Å². The maximum absolute atomic E-state index is 13.2. The molecule has 0 saturated heterocycles. The number of nitrogens with one attached hydrogen (secondary N) is 1. The van der Waals surface area contributed by atoms with Crippen molar-refractivity contribution in [3.05, 3.63) is 57.4 Å². The molecule has 0 spiro atoms. The van der Waals surface area contributed by atoms with E-state index in [1.165, 1.54) is 10.9 Å². The Kier molecular flexibility index (Phi) is 3.92. The standard InChI is InChI=1S/C12H10F2N4O3/c1-17-7(2-3-16-17)6-15-12(19)8-4-9(13)10(14)5-11(8)18(20)21/h2-5H,6H2,1H3,(H,15,19). The molecule has 0 radical (unpaired) electrons. The third-order valence-corrected chi connectivity index (χ3v) is 2.83. The van der Waals surface area contributed by atoms with Crippen LogP contribution in [-0.2, 0) is 13.6 Å². The number of rotatable bonds is 4. The molecule has 1 N–H and O–H groups in total. The summed E-state index contributed by atoms with van der Waals surface area (Å²) in [7, 11) is 1.65. The van der Waals surface area contributed by atoms with Crippen LogP contribution >= 0.6 is 0 Å². The van der Waals surface area contributed by atoms with E-state index in [-0.39, 0.29) is 6.54 Å². The Morgan fingerprint density at radius 2 is 2.10 bits per heavy atom. The number of carbonyl (C=O) groups is 1. The lowest BCUT2D eigenvalue weighted by Crippen LogP contribution is -2.25. The molecule has 0 bridgehead atoms. The number of nitro benzene ring substituents is 1. The molecule has 1 aromatic heterocycles. The van der Waals surface area contributed by atoms with Gasteiger partial charge in [-0.05, 0) is 12.1 Å². The molecule has 0 saturated carbocycles. The Balaban J connectivity index is 2.24. The van der Waals surface area contributed by atoms with Crippen LogP contribution in [0, 0.1) is 21.7 Å². The van der Waals surface area contributed by atoms with Crippen LogP contribution in [0.1, 0.15) is 16.1 Å². The van der Waals surface area contributed by atoms with E-state index in [0.717, 1.165) is 0 Å². The van der Waals surface area contributed by atoms with Gasteiger partial charge < -0.3 is 5.32 Å². The largest absolute Gasteiger partial charge is 0.346 e. The Bertz CT molecular complexity index is 715. The fourth-order valence-electron chi connectivity index (χ4n) is 1.71. The Morgan fingerprint density at radius 1 is 1.43 bits per heavy atom. The number of amides is 1. The minimum Gasteiger partial charge on any atom is -0.346 e. The van der Waals surface area contributed by atoms with Crippen molar-refractivity contribution in [2.45, 2.75) is 6.54 Å². The van der Waals surface area contributed by atoms with Crippen LogP contribution in [0.5, 0.6) is 0 Å². The molecule has 0 aliphatic rings. The average Bonchev–Trinajstić information content (AvgIpc) is 2.84. The van der Waals surface area contributed by atoms with Crippen LogP contribution in [0.4, 0.5) is 14.5 Å². The molecule has 0 atom stereocenters. The van der Waals surface area contributed by atoms with Crippen molar-refractivity contribution < 1.29 is 18.5 Å². The molecule has 2 rings (SSSR count). The van der Waals surface area contributed by atoms with Crippen molar-refractivity contribution in [1.82, 2.24) is 15.1 Å². The van der Waals surface area contributed by atoms with Gasteiger partial charge in [0.2, 0.25) is 0 Å². The van der Waals surface area contributed by atoms with E-state index in [0.29, 0.717) is 17.8 Å². The summed E-state index contributed by atoms with van der Waals surface area (Å²) < 4.78 is 27.7. The third-order valence-electron chi connectivity index (χ3n) is 2.83. The number of aryl methyl sites for hydroxylation is 1. The summed E-state index contributed by atoms with van der Waals surface area (Å²) >= 11 is 0. The van der Waals surface area contributed by atoms with E-state index in [1.807, 2.05) is 0 Å². The number of carbonyl (C=O) groups excluding carboxylic acids is 1. The number of nitrogens with zero attached hydrogens (tertiary/aromatic N) is 3. The first-order valence-corrected chi connectivity index (χ1v) is 5.78. The van der Waals surface area contributed by atoms with Gasteiger partial charge in [-0.3, -0.25) is 19.6 Å². The van der Waals surface area contributed by atoms with Crippen molar-refractivity contribution in [2.24, 2.45) is 7.05 Å². The molecule has 1 aromatic carbocycles. The predicted molar refractivity (Wildman–Crippen MR) is 67.4 cm³/mol. The van der Waals surface area contributed by atoms with Crippen LogP contribution in [-0.4, -0.2) is 20.6 Å². The third kappa shape index (κ3) is 3.02. The fourth-order valence-corrected chi connectivity index (χ4v) is 1.71. The molecule has 1 amide bonds. The molecular weight excluding hydrogens is 286 g/mol. The molecule has 9 heteroatoms. The highest BCUT2D eigenvalue weighted by atomic mass is 19.2. The van der Waals surface area contributed by atoms with E-state index in [4.69, 9.17) is 0 Å². The molecule has 1 heterocycles. The molecule has 2 aromatic rings. The Morgan fingerprint density at radius 3 is 2.67 bits per heavy atom. The lowest BCUT2D eigenvalue weighted by Gasteiger charge is -2.06. The Labute approximate surface area is 117 Å². The summed E-state index contributed by atoms with van der Waals surface area (Å²) in [5, 5.41) is 17.1.